The van der Waals surface area contributed by atoms with Gasteiger partial charge in [-0.2, -0.15) is 0 Å². The number of fused-ring (bicyclic) bond motifs is 1. The average molecular weight is 311 g/mol. The largest absolute Gasteiger partial charge is 0.462 e. The molecule has 0 N–H and O–H groups in total. The molecular weight excluding hydrogens is 297 g/mol. The van der Waals surface area contributed by atoms with Gasteiger partial charge in [0.25, 0.3) is 0 Å². The first-order valence-corrected chi connectivity index (χ1v) is 7.53. The van der Waals surface area contributed by atoms with Crippen LogP contribution >= 0.6 is 0 Å². The van der Waals surface area contributed by atoms with E-state index < -0.39 is 5.82 Å². The number of carbonyl (C=O) groups is 1. The predicted octanol–water partition coefficient (Wildman–Crippen LogP) is 3.88. The summed E-state index contributed by atoms with van der Waals surface area (Å²) in [7, 11) is 0. The lowest BCUT2D eigenvalue weighted by Crippen LogP contribution is -2.10. The van der Waals surface area contributed by atoms with Crippen molar-refractivity contribution in [3.63, 3.8) is 0 Å². The fraction of sp³-hybridized carbons (Fsp3) is 0.222. The molecule has 2 aromatic carbocycles. The Morgan fingerprint density at radius 2 is 2.09 bits per heavy atom. The van der Waals surface area contributed by atoms with E-state index in [0.717, 1.165) is 18.4 Å². The van der Waals surface area contributed by atoms with E-state index in [1.54, 1.807) is 12.1 Å². The van der Waals surface area contributed by atoms with Crippen LogP contribution in [-0.2, 0) is 16.0 Å². The minimum Gasteiger partial charge on any atom is -0.462 e. The Morgan fingerprint density at radius 3 is 2.83 bits per heavy atom. The first kappa shape index (κ1) is 13.9. The van der Waals surface area contributed by atoms with Crippen LogP contribution in [0.2, 0.25) is 0 Å². The highest BCUT2D eigenvalue weighted by atomic mass is 19.1. The van der Waals surface area contributed by atoms with Crippen molar-refractivity contribution < 1.29 is 18.3 Å². The second-order valence-corrected chi connectivity index (χ2v) is 5.66. The maximum Gasteiger partial charge on any atom is 0.310 e. The molecular formula is C18H14FNO3. The van der Waals surface area contributed by atoms with Gasteiger partial charge in [-0.3, -0.25) is 4.79 Å². The van der Waals surface area contributed by atoms with Gasteiger partial charge in [0.2, 0.25) is 5.89 Å². The molecule has 0 unspecified atom stereocenters. The molecule has 0 bridgehead atoms. The van der Waals surface area contributed by atoms with Crippen molar-refractivity contribution >= 4 is 17.1 Å². The number of esters is 1. The van der Waals surface area contributed by atoms with E-state index in [2.05, 4.69) is 4.98 Å². The van der Waals surface area contributed by atoms with Gasteiger partial charge in [-0.25, -0.2) is 9.37 Å². The molecule has 1 aliphatic rings. The summed E-state index contributed by atoms with van der Waals surface area (Å²) in [5.41, 5.74) is 2.23. The molecule has 0 saturated heterocycles. The zero-order chi connectivity index (χ0) is 15.8. The Kier molecular flexibility index (Phi) is 3.33. The van der Waals surface area contributed by atoms with Crippen molar-refractivity contribution in [2.75, 3.05) is 0 Å². The van der Waals surface area contributed by atoms with Gasteiger partial charge in [0.15, 0.2) is 5.58 Å². The summed E-state index contributed by atoms with van der Waals surface area (Å²) in [5, 5.41) is 0. The van der Waals surface area contributed by atoms with Crippen LogP contribution in [0.25, 0.3) is 22.6 Å². The van der Waals surface area contributed by atoms with E-state index in [0.29, 0.717) is 22.6 Å². The fourth-order valence-corrected chi connectivity index (χ4v) is 2.39. The first-order chi connectivity index (χ1) is 11.2. The molecule has 0 amide bonds. The molecule has 116 valence electrons. The van der Waals surface area contributed by atoms with Crippen LogP contribution in [0.1, 0.15) is 18.4 Å². The van der Waals surface area contributed by atoms with Crippen LogP contribution in [-0.4, -0.2) is 17.1 Å². The van der Waals surface area contributed by atoms with Gasteiger partial charge in [-0.1, -0.05) is 18.2 Å². The Bertz CT molecular complexity index is 850. The standard InChI is InChI=1S/C18H14FNO3/c19-14-9-12(18-20-15-3-1-2-4-16(15)23-18)6-5-11(14)10-17(21)22-13-7-8-13/h1-6,9,13H,7-8,10H2. The number of hydrogen-bond donors (Lipinski definition) is 0. The van der Waals surface area contributed by atoms with Crippen LogP contribution in [0.4, 0.5) is 4.39 Å². The van der Waals surface area contributed by atoms with E-state index in [1.165, 1.54) is 6.07 Å². The average Bonchev–Trinajstić information content (AvgIpc) is 3.24. The van der Waals surface area contributed by atoms with Crippen LogP contribution in [0, 0.1) is 5.82 Å². The number of carbonyl (C=O) groups excluding carboxylic acids is 1. The molecule has 1 aromatic heterocycles. The number of oxazole rings is 1. The third kappa shape index (κ3) is 2.95. The summed E-state index contributed by atoms with van der Waals surface area (Å²) in [6.45, 7) is 0. The van der Waals surface area contributed by atoms with Crippen molar-refractivity contribution in [3.8, 4) is 11.5 Å². The van der Waals surface area contributed by atoms with Crippen molar-refractivity contribution in [2.24, 2.45) is 0 Å². The van der Waals surface area contributed by atoms with Gasteiger partial charge in [0.05, 0.1) is 6.42 Å². The topological polar surface area (TPSA) is 52.3 Å². The minimum atomic E-state index is -0.461. The summed E-state index contributed by atoms with van der Waals surface area (Å²) in [5.74, 6) is -0.490. The molecule has 0 atom stereocenters. The van der Waals surface area contributed by atoms with Gasteiger partial charge >= 0.3 is 5.97 Å². The molecule has 23 heavy (non-hydrogen) atoms. The monoisotopic (exact) mass is 311 g/mol. The van der Waals surface area contributed by atoms with Crippen molar-refractivity contribution in [1.82, 2.24) is 4.98 Å². The Labute approximate surface area is 131 Å². The van der Waals surface area contributed by atoms with E-state index in [4.69, 9.17) is 9.15 Å². The summed E-state index contributed by atoms with van der Waals surface area (Å²) >= 11 is 0. The van der Waals surface area contributed by atoms with E-state index >= 15 is 0 Å². The third-order valence-electron chi connectivity index (χ3n) is 3.75. The molecule has 0 spiro atoms. The Balaban J connectivity index is 1.58. The lowest BCUT2D eigenvalue weighted by Gasteiger charge is -2.05. The van der Waals surface area contributed by atoms with E-state index in [1.807, 2.05) is 24.3 Å². The van der Waals surface area contributed by atoms with E-state index in [9.17, 15) is 9.18 Å². The van der Waals surface area contributed by atoms with Crippen molar-refractivity contribution in [2.45, 2.75) is 25.4 Å². The fourth-order valence-electron chi connectivity index (χ4n) is 2.39. The summed E-state index contributed by atoms with van der Waals surface area (Å²) in [6.07, 6.45) is 1.79. The number of benzene rings is 2. The zero-order valence-corrected chi connectivity index (χ0v) is 12.3. The third-order valence-corrected chi connectivity index (χ3v) is 3.75. The number of nitrogens with zero attached hydrogens (tertiary/aromatic N) is 1. The number of para-hydroxylation sites is 2. The lowest BCUT2D eigenvalue weighted by atomic mass is 10.1. The van der Waals surface area contributed by atoms with Gasteiger partial charge in [-0.05, 0) is 42.7 Å². The summed E-state index contributed by atoms with van der Waals surface area (Å²) < 4.78 is 25.0. The van der Waals surface area contributed by atoms with E-state index in [-0.39, 0.29) is 18.5 Å². The second-order valence-electron chi connectivity index (χ2n) is 5.66. The molecule has 0 radical (unpaired) electrons. The molecule has 1 heterocycles. The van der Waals surface area contributed by atoms with Gasteiger partial charge in [0, 0.05) is 5.56 Å². The Hall–Kier alpha value is -2.69. The maximum absolute atomic E-state index is 14.2. The van der Waals surface area contributed by atoms with Gasteiger partial charge in [0.1, 0.15) is 17.4 Å². The number of halogens is 1. The van der Waals surface area contributed by atoms with Crippen molar-refractivity contribution in [1.29, 1.82) is 0 Å². The quantitative estimate of drug-likeness (QED) is 0.686. The molecule has 1 fully saturated rings. The van der Waals surface area contributed by atoms with Gasteiger partial charge in [-0.15, -0.1) is 0 Å². The minimum absolute atomic E-state index is 0.0320. The molecule has 4 nitrogen and oxygen atoms in total. The molecule has 1 saturated carbocycles. The first-order valence-electron chi connectivity index (χ1n) is 7.53. The second kappa shape index (κ2) is 5.50. The normalized spacial score (nSPS) is 14.1. The Morgan fingerprint density at radius 1 is 1.26 bits per heavy atom. The van der Waals surface area contributed by atoms with Crippen LogP contribution in [0.3, 0.4) is 0 Å². The SMILES string of the molecule is O=C(Cc1ccc(-c2nc3ccccc3o2)cc1F)OC1CC1. The van der Waals surface area contributed by atoms with Crippen LogP contribution in [0.15, 0.2) is 46.9 Å². The zero-order valence-electron chi connectivity index (χ0n) is 12.3. The number of aromatic nitrogens is 1. The number of rotatable bonds is 4. The van der Waals surface area contributed by atoms with Crippen LogP contribution < -0.4 is 0 Å². The molecule has 5 heteroatoms. The van der Waals surface area contributed by atoms with Crippen LogP contribution in [0.5, 0.6) is 0 Å². The van der Waals surface area contributed by atoms with Gasteiger partial charge < -0.3 is 9.15 Å². The smallest absolute Gasteiger partial charge is 0.310 e. The molecule has 0 aliphatic heterocycles. The predicted molar refractivity (Wildman–Crippen MR) is 82.2 cm³/mol. The molecule has 3 aromatic rings. The summed E-state index contributed by atoms with van der Waals surface area (Å²) in [6, 6.07) is 12.0. The lowest BCUT2D eigenvalue weighted by molar-refractivity contribution is -0.144. The highest BCUT2D eigenvalue weighted by Crippen LogP contribution is 2.27. The summed E-state index contributed by atoms with van der Waals surface area (Å²) in [4.78, 5) is 16.0. The van der Waals surface area contributed by atoms with Crippen molar-refractivity contribution in [3.05, 3.63) is 53.8 Å². The maximum atomic E-state index is 14.2. The molecule has 1 aliphatic carbocycles. The number of hydrogen-bond acceptors (Lipinski definition) is 4. The molecule has 4 rings (SSSR count). The number of ether oxygens (including phenoxy) is 1. The highest BCUT2D eigenvalue weighted by Gasteiger charge is 2.26. The highest BCUT2D eigenvalue weighted by molar-refractivity contribution is 5.76.